The molecule has 0 aliphatic carbocycles. The number of hydrogen-bond donors (Lipinski definition) is 0. The average Bonchev–Trinajstić information content (AvgIpc) is 3.09. The zero-order chi connectivity index (χ0) is 17.7. The van der Waals surface area contributed by atoms with Gasteiger partial charge in [0.25, 0.3) is 10.0 Å². The van der Waals surface area contributed by atoms with Gasteiger partial charge in [0.2, 0.25) is 0 Å². The van der Waals surface area contributed by atoms with Crippen LogP contribution in [0.1, 0.15) is 18.4 Å². The van der Waals surface area contributed by atoms with Crippen molar-refractivity contribution in [3.8, 4) is 0 Å². The number of sulfonamides is 1. The molecule has 25 heavy (non-hydrogen) atoms. The van der Waals surface area contributed by atoms with Crippen molar-refractivity contribution in [2.45, 2.75) is 29.3 Å². The van der Waals surface area contributed by atoms with E-state index < -0.39 is 10.0 Å². The Bertz CT molecular complexity index is 910. The van der Waals surface area contributed by atoms with Crippen molar-refractivity contribution >= 4 is 15.7 Å². The van der Waals surface area contributed by atoms with E-state index in [-0.39, 0.29) is 11.6 Å². The molecule has 1 fully saturated rings. The predicted molar refractivity (Wildman–Crippen MR) is 100 cm³/mol. The van der Waals surface area contributed by atoms with Gasteiger partial charge in [-0.05, 0) is 43.7 Å². The van der Waals surface area contributed by atoms with E-state index >= 15 is 0 Å². The van der Waals surface area contributed by atoms with Crippen molar-refractivity contribution in [1.29, 1.82) is 0 Å². The molecule has 2 heterocycles. The maximum absolute atomic E-state index is 13.5. The number of benzene rings is 2. The van der Waals surface area contributed by atoms with Crippen LogP contribution in [-0.2, 0) is 15.4 Å². The summed E-state index contributed by atoms with van der Waals surface area (Å²) in [6.45, 7) is 4.80. The smallest absolute Gasteiger partial charge is 0.265 e. The molecule has 0 spiro atoms. The first-order valence-electron chi connectivity index (χ1n) is 8.52. The molecule has 2 aliphatic heterocycles. The molecule has 0 saturated carbocycles. The van der Waals surface area contributed by atoms with Gasteiger partial charge in [-0.15, -0.1) is 6.58 Å². The number of fused-ring (bicyclic) bond motifs is 3. The number of para-hydroxylation sites is 1. The van der Waals surface area contributed by atoms with E-state index in [9.17, 15) is 8.42 Å². The van der Waals surface area contributed by atoms with E-state index in [1.165, 1.54) is 0 Å². The molecule has 1 saturated heterocycles. The Morgan fingerprint density at radius 1 is 1.16 bits per heavy atom. The van der Waals surface area contributed by atoms with Crippen LogP contribution in [0.2, 0.25) is 0 Å². The lowest BCUT2D eigenvalue weighted by atomic mass is 9.76. The molecular weight excluding hydrogens is 332 g/mol. The lowest BCUT2D eigenvalue weighted by Gasteiger charge is -2.35. The van der Waals surface area contributed by atoms with Crippen molar-refractivity contribution in [2.75, 3.05) is 17.9 Å². The quantitative estimate of drug-likeness (QED) is 0.791. The molecule has 4 nitrogen and oxygen atoms in total. The first kappa shape index (κ1) is 16.4. The molecule has 5 heteroatoms. The molecule has 4 rings (SSSR count). The molecule has 2 aromatic rings. The maximum Gasteiger partial charge on any atom is 0.265 e. The topological polar surface area (TPSA) is 40.6 Å². The summed E-state index contributed by atoms with van der Waals surface area (Å²) in [5.74, 6) is 0. The highest BCUT2D eigenvalue weighted by Gasteiger charge is 2.58. The van der Waals surface area contributed by atoms with Gasteiger partial charge in [-0.1, -0.05) is 42.5 Å². The number of rotatable bonds is 4. The van der Waals surface area contributed by atoms with Crippen molar-refractivity contribution in [1.82, 2.24) is 4.90 Å². The molecule has 2 aromatic carbocycles. The second-order valence-electron chi connectivity index (χ2n) is 6.88. The number of anilines is 1. The zero-order valence-corrected chi connectivity index (χ0v) is 15.1. The molecule has 130 valence electrons. The summed E-state index contributed by atoms with van der Waals surface area (Å²) in [5.41, 5.74) is 1.68. The van der Waals surface area contributed by atoms with Gasteiger partial charge in [-0.3, -0.25) is 4.90 Å². The van der Waals surface area contributed by atoms with Crippen molar-refractivity contribution in [3.05, 3.63) is 72.8 Å². The number of likely N-dealkylation sites (tertiary alicyclic amines) is 1. The summed E-state index contributed by atoms with van der Waals surface area (Å²) in [7, 11) is -1.63. The van der Waals surface area contributed by atoms with Crippen LogP contribution in [0, 0.1) is 0 Å². The van der Waals surface area contributed by atoms with Crippen molar-refractivity contribution in [3.63, 3.8) is 0 Å². The van der Waals surface area contributed by atoms with Crippen LogP contribution in [0.4, 0.5) is 5.69 Å². The van der Waals surface area contributed by atoms with E-state index in [4.69, 9.17) is 0 Å². The lowest BCUT2D eigenvalue weighted by molar-refractivity contribution is 0.268. The van der Waals surface area contributed by atoms with Crippen LogP contribution in [-0.4, -0.2) is 33.1 Å². The van der Waals surface area contributed by atoms with Gasteiger partial charge in [0.1, 0.15) is 6.17 Å². The third-order valence-electron chi connectivity index (χ3n) is 5.53. The Hall–Kier alpha value is -2.11. The molecule has 0 unspecified atom stereocenters. The van der Waals surface area contributed by atoms with Crippen LogP contribution < -0.4 is 4.31 Å². The molecule has 2 atom stereocenters. The SMILES string of the molecule is C=CC[C@]12CCN(C)[C@H]1N(S(=O)(=O)c1ccccc1)c1ccccc12. The van der Waals surface area contributed by atoms with E-state index in [1.54, 1.807) is 28.6 Å². The maximum atomic E-state index is 13.5. The average molecular weight is 354 g/mol. The molecule has 0 N–H and O–H groups in total. The van der Waals surface area contributed by atoms with Gasteiger partial charge < -0.3 is 0 Å². The zero-order valence-electron chi connectivity index (χ0n) is 14.3. The first-order chi connectivity index (χ1) is 12.0. The number of hydrogen-bond acceptors (Lipinski definition) is 3. The van der Waals surface area contributed by atoms with Crippen LogP contribution in [0.3, 0.4) is 0 Å². The van der Waals surface area contributed by atoms with Gasteiger partial charge in [0.15, 0.2) is 0 Å². The monoisotopic (exact) mass is 354 g/mol. The highest BCUT2D eigenvalue weighted by molar-refractivity contribution is 7.92. The Labute approximate surface area is 149 Å². The largest absolute Gasteiger partial charge is 0.285 e. The Kier molecular flexibility index (Phi) is 3.74. The molecule has 0 radical (unpaired) electrons. The minimum atomic E-state index is -3.64. The Balaban J connectivity index is 1.96. The number of allylic oxidation sites excluding steroid dienone is 1. The van der Waals surface area contributed by atoms with Crippen molar-refractivity contribution < 1.29 is 8.42 Å². The molecule has 2 aliphatic rings. The van der Waals surface area contributed by atoms with E-state index in [1.807, 2.05) is 37.4 Å². The summed E-state index contributed by atoms with van der Waals surface area (Å²) in [6.07, 6.45) is 3.40. The highest BCUT2D eigenvalue weighted by atomic mass is 32.2. The standard InChI is InChI=1S/C20H22N2O2S/c1-3-13-20-14-15-21(2)19(20)22(18-12-8-7-11-17(18)20)25(23,24)16-9-5-4-6-10-16/h3-12,19H,1,13-15H2,2H3/t19-,20+/m0/s1. The van der Waals surface area contributed by atoms with Gasteiger partial charge >= 0.3 is 0 Å². The van der Waals surface area contributed by atoms with Crippen LogP contribution in [0.5, 0.6) is 0 Å². The third-order valence-corrected chi connectivity index (χ3v) is 7.31. The summed E-state index contributed by atoms with van der Waals surface area (Å²) < 4.78 is 28.6. The Morgan fingerprint density at radius 2 is 1.84 bits per heavy atom. The van der Waals surface area contributed by atoms with Gasteiger partial charge in [0.05, 0.1) is 10.6 Å². The van der Waals surface area contributed by atoms with Crippen LogP contribution in [0.15, 0.2) is 72.1 Å². The first-order valence-corrected chi connectivity index (χ1v) is 9.96. The predicted octanol–water partition coefficient (Wildman–Crippen LogP) is 3.37. The van der Waals surface area contributed by atoms with Gasteiger partial charge in [0, 0.05) is 12.0 Å². The highest BCUT2D eigenvalue weighted by Crippen LogP contribution is 2.55. The summed E-state index contributed by atoms with van der Waals surface area (Å²) in [6, 6.07) is 16.6. The van der Waals surface area contributed by atoms with E-state index in [2.05, 4.69) is 17.5 Å². The van der Waals surface area contributed by atoms with E-state index in [0.717, 1.165) is 30.6 Å². The fourth-order valence-electron chi connectivity index (χ4n) is 4.49. The third kappa shape index (κ3) is 2.19. The molecule has 0 bridgehead atoms. The normalized spacial score (nSPS) is 25.6. The fraction of sp³-hybridized carbons (Fsp3) is 0.300. The van der Waals surface area contributed by atoms with E-state index in [0.29, 0.717) is 4.90 Å². The van der Waals surface area contributed by atoms with Crippen molar-refractivity contribution in [2.24, 2.45) is 0 Å². The summed E-state index contributed by atoms with van der Waals surface area (Å²) in [4.78, 5) is 2.49. The van der Waals surface area contributed by atoms with Gasteiger partial charge in [-0.25, -0.2) is 12.7 Å². The second-order valence-corrected chi connectivity index (χ2v) is 8.70. The second kappa shape index (κ2) is 5.71. The number of likely N-dealkylation sites (N-methyl/N-ethyl adjacent to an activating group) is 1. The summed E-state index contributed by atoms with van der Waals surface area (Å²) in [5, 5.41) is 0. The van der Waals surface area contributed by atoms with Crippen LogP contribution >= 0.6 is 0 Å². The van der Waals surface area contributed by atoms with Crippen LogP contribution in [0.25, 0.3) is 0 Å². The lowest BCUT2D eigenvalue weighted by Crippen LogP contribution is -2.50. The minimum absolute atomic E-state index is 0.215. The van der Waals surface area contributed by atoms with Gasteiger partial charge in [-0.2, -0.15) is 0 Å². The molecular formula is C20H22N2O2S. The molecule has 0 aromatic heterocycles. The Morgan fingerprint density at radius 3 is 2.56 bits per heavy atom. The fourth-order valence-corrected chi connectivity index (χ4v) is 6.26. The molecule has 0 amide bonds. The minimum Gasteiger partial charge on any atom is -0.285 e. The summed E-state index contributed by atoms with van der Waals surface area (Å²) >= 11 is 0. The number of nitrogens with zero attached hydrogens (tertiary/aromatic N) is 2.